The minimum Gasteiger partial charge on any atom is -0.398 e. The van der Waals surface area contributed by atoms with E-state index < -0.39 is 0 Å². The third-order valence-electron chi connectivity index (χ3n) is 3.09. The van der Waals surface area contributed by atoms with E-state index in [1.54, 1.807) is 18.5 Å². The Hall–Kier alpha value is -2.60. The van der Waals surface area contributed by atoms with Gasteiger partial charge in [0, 0.05) is 41.8 Å². The summed E-state index contributed by atoms with van der Waals surface area (Å²) < 4.78 is 0. The van der Waals surface area contributed by atoms with Gasteiger partial charge in [-0.3, -0.25) is 4.98 Å². The lowest BCUT2D eigenvalue weighted by atomic mass is 10.0. The van der Waals surface area contributed by atoms with Crippen molar-refractivity contribution >= 4 is 22.5 Å². The van der Waals surface area contributed by atoms with Gasteiger partial charge in [0.05, 0.1) is 6.61 Å². The van der Waals surface area contributed by atoms with Crippen LogP contribution in [0.4, 0.5) is 11.5 Å². The van der Waals surface area contributed by atoms with Gasteiger partial charge in [0.15, 0.2) is 0 Å². The van der Waals surface area contributed by atoms with E-state index in [2.05, 4.69) is 20.3 Å². The summed E-state index contributed by atoms with van der Waals surface area (Å²) in [6, 6.07) is 5.65. The Bertz CT molecular complexity index is 737. The maximum Gasteiger partial charge on any atom is 0.140 e. The summed E-state index contributed by atoms with van der Waals surface area (Å²) >= 11 is 0. The highest BCUT2D eigenvalue weighted by Crippen LogP contribution is 2.32. The summed E-state index contributed by atoms with van der Waals surface area (Å²) in [6.07, 6.45) is 5.25. The SMILES string of the molecule is Nc1ccncc1-c1cc(NCCO)nc2[nH]ccc12. The third kappa shape index (κ3) is 2.17. The summed E-state index contributed by atoms with van der Waals surface area (Å²) in [5.74, 6) is 0.687. The molecule has 0 aliphatic heterocycles. The minimum atomic E-state index is 0.0504. The Morgan fingerprint density at radius 3 is 3.00 bits per heavy atom. The summed E-state index contributed by atoms with van der Waals surface area (Å²) in [6.45, 7) is 0.496. The second kappa shape index (κ2) is 5.18. The molecule has 0 saturated carbocycles. The molecular formula is C14H15N5O. The number of hydrogen-bond acceptors (Lipinski definition) is 5. The number of H-pyrrole nitrogens is 1. The number of aromatic amines is 1. The van der Waals surface area contributed by atoms with Crippen LogP contribution in [0.5, 0.6) is 0 Å². The first kappa shape index (κ1) is 12.4. The van der Waals surface area contributed by atoms with Crippen LogP contribution in [-0.2, 0) is 0 Å². The first-order chi connectivity index (χ1) is 9.79. The van der Waals surface area contributed by atoms with E-state index in [9.17, 15) is 0 Å². The lowest BCUT2D eigenvalue weighted by Gasteiger charge is -2.10. The molecule has 0 aromatic carbocycles. The summed E-state index contributed by atoms with van der Waals surface area (Å²) in [5.41, 5.74) is 9.30. The average Bonchev–Trinajstić information content (AvgIpc) is 2.93. The van der Waals surface area contributed by atoms with Crippen molar-refractivity contribution in [2.75, 3.05) is 24.2 Å². The number of rotatable bonds is 4. The second-order valence-corrected chi connectivity index (χ2v) is 4.41. The standard InChI is InChI=1S/C14H15N5O/c15-12-2-3-16-8-11(12)10-7-13(17-5-6-20)19-14-9(10)1-4-18-14/h1-4,7-8,20H,5-6H2,(H2,15,16)(H2,17,18,19). The Kier molecular flexibility index (Phi) is 3.22. The number of nitrogens with two attached hydrogens (primary N) is 1. The molecule has 102 valence electrons. The Balaban J connectivity index is 2.17. The predicted molar refractivity (Wildman–Crippen MR) is 79.3 cm³/mol. The lowest BCUT2D eigenvalue weighted by Crippen LogP contribution is -2.07. The lowest BCUT2D eigenvalue weighted by molar-refractivity contribution is 0.311. The van der Waals surface area contributed by atoms with Gasteiger partial charge in [-0.2, -0.15) is 0 Å². The number of nitrogens with zero attached hydrogens (tertiary/aromatic N) is 2. The fraction of sp³-hybridized carbons (Fsp3) is 0.143. The topological polar surface area (TPSA) is 99.8 Å². The first-order valence-corrected chi connectivity index (χ1v) is 6.32. The van der Waals surface area contributed by atoms with Crippen LogP contribution in [0.2, 0.25) is 0 Å². The third-order valence-corrected chi connectivity index (χ3v) is 3.09. The zero-order chi connectivity index (χ0) is 13.9. The molecule has 5 N–H and O–H groups in total. The van der Waals surface area contributed by atoms with Crippen LogP contribution in [0.25, 0.3) is 22.2 Å². The van der Waals surface area contributed by atoms with Gasteiger partial charge in [-0.05, 0) is 23.8 Å². The number of aliphatic hydroxyl groups excluding tert-OH is 1. The number of nitrogen functional groups attached to an aromatic ring is 1. The molecule has 0 spiro atoms. The molecule has 0 aliphatic carbocycles. The van der Waals surface area contributed by atoms with Crippen molar-refractivity contribution in [3.63, 3.8) is 0 Å². The number of pyridine rings is 2. The molecule has 3 aromatic heterocycles. The highest BCUT2D eigenvalue weighted by molar-refractivity contribution is 5.97. The molecule has 20 heavy (non-hydrogen) atoms. The van der Waals surface area contributed by atoms with E-state index in [1.807, 2.05) is 18.3 Å². The molecule has 0 amide bonds. The van der Waals surface area contributed by atoms with Gasteiger partial charge in [0.1, 0.15) is 11.5 Å². The van der Waals surface area contributed by atoms with Crippen LogP contribution in [0, 0.1) is 0 Å². The van der Waals surface area contributed by atoms with E-state index in [0.717, 1.165) is 22.2 Å². The van der Waals surface area contributed by atoms with Crippen molar-refractivity contribution in [2.24, 2.45) is 0 Å². The monoisotopic (exact) mass is 269 g/mol. The maximum absolute atomic E-state index is 8.90. The molecule has 0 atom stereocenters. The van der Waals surface area contributed by atoms with E-state index >= 15 is 0 Å². The number of aliphatic hydroxyl groups is 1. The van der Waals surface area contributed by atoms with E-state index in [1.165, 1.54) is 0 Å². The van der Waals surface area contributed by atoms with Gasteiger partial charge in [-0.15, -0.1) is 0 Å². The maximum atomic E-state index is 8.90. The van der Waals surface area contributed by atoms with E-state index in [0.29, 0.717) is 18.1 Å². The van der Waals surface area contributed by atoms with Crippen molar-refractivity contribution in [1.29, 1.82) is 0 Å². The molecule has 6 nitrogen and oxygen atoms in total. The van der Waals surface area contributed by atoms with Crippen LogP contribution in [-0.4, -0.2) is 33.2 Å². The summed E-state index contributed by atoms with van der Waals surface area (Å²) in [4.78, 5) is 11.7. The normalized spacial score (nSPS) is 10.8. The van der Waals surface area contributed by atoms with Gasteiger partial charge in [-0.1, -0.05) is 0 Å². The number of nitrogens with one attached hydrogen (secondary N) is 2. The molecule has 0 bridgehead atoms. The van der Waals surface area contributed by atoms with Gasteiger partial charge >= 0.3 is 0 Å². The van der Waals surface area contributed by atoms with Gasteiger partial charge < -0.3 is 21.1 Å². The quantitative estimate of drug-likeness (QED) is 0.576. The molecule has 0 saturated heterocycles. The molecule has 0 fully saturated rings. The van der Waals surface area contributed by atoms with Crippen LogP contribution in [0.15, 0.2) is 36.8 Å². The Morgan fingerprint density at radius 1 is 1.30 bits per heavy atom. The molecule has 3 rings (SSSR count). The Morgan fingerprint density at radius 2 is 2.20 bits per heavy atom. The highest BCUT2D eigenvalue weighted by atomic mass is 16.3. The largest absolute Gasteiger partial charge is 0.398 e. The number of aromatic nitrogens is 3. The van der Waals surface area contributed by atoms with Gasteiger partial charge in [0.25, 0.3) is 0 Å². The van der Waals surface area contributed by atoms with Gasteiger partial charge in [0.2, 0.25) is 0 Å². The van der Waals surface area contributed by atoms with Crippen molar-refractivity contribution in [3.05, 3.63) is 36.8 Å². The summed E-state index contributed by atoms with van der Waals surface area (Å²) in [7, 11) is 0. The van der Waals surface area contributed by atoms with Crippen molar-refractivity contribution in [3.8, 4) is 11.1 Å². The van der Waals surface area contributed by atoms with E-state index in [-0.39, 0.29) is 6.61 Å². The zero-order valence-electron chi connectivity index (χ0n) is 10.8. The zero-order valence-corrected chi connectivity index (χ0v) is 10.8. The van der Waals surface area contributed by atoms with Crippen LogP contribution in [0.1, 0.15) is 0 Å². The van der Waals surface area contributed by atoms with Crippen molar-refractivity contribution < 1.29 is 5.11 Å². The average molecular weight is 269 g/mol. The Labute approximate surface area is 115 Å². The smallest absolute Gasteiger partial charge is 0.140 e. The predicted octanol–water partition coefficient (Wildman–Crippen LogP) is 1.61. The van der Waals surface area contributed by atoms with Crippen molar-refractivity contribution in [2.45, 2.75) is 0 Å². The fourth-order valence-corrected chi connectivity index (χ4v) is 2.17. The molecule has 3 heterocycles. The van der Waals surface area contributed by atoms with Gasteiger partial charge in [-0.25, -0.2) is 4.98 Å². The molecule has 0 unspecified atom stereocenters. The second-order valence-electron chi connectivity index (χ2n) is 4.41. The van der Waals surface area contributed by atoms with Crippen molar-refractivity contribution in [1.82, 2.24) is 15.0 Å². The minimum absolute atomic E-state index is 0.0504. The van der Waals surface area contributed by atoms with E-state index in [4.69, 9.17) is 10.8 Å². The molecule has 3 aromatic rings. The molecular weight excluding hydrogens is 254 g/mol. The summed E-state index contributed by atoms with van der Waals surface area (Å²) in [5, 5.41) is 13.0. The highest BCUT2D eigenvalue weighted by Gasteiger charge is 2.11. The molecule has 0 radical (unpaired) electrons. The molecule has 6 heteroatoms. The van der Waals surface area contributed by atoms with Crippen LogP contribution in [0.3, 0.4) is 0 Å². The number of fused-ring (bicyclic) bond motifs is 1. The number of anilines is 2. The first-order valence-electron chi connectivity index (χ1n) is 6.32. The fourth-order valence-electron chi connectivity index (χ4n) is 2.17. The molecule has 0 aliphatic rings. The van der Waals surface area contributed by atoms with Crippen LogP contribution < -0.4 is 11.1 Å². The number of hydrogen-bond donors (Lipinski definition) is 4. The van der Waals surface area contributed by atoms with Crippen LogP contribution >= 0.6 is 0 Å².